The largest absolute Gasteiger partial charge is 0.496 e. The number of anilines is 1. The minimum atomic E-state index is -0.419. The molecule has 4 rings (SSSR count). The van der Waals surface area contributed by atoms with Gasteiger partial charge in [-0.05, 0) is 18.2 Å². The maximum absolute atomic E-state index is 13.5. The van der Waals surface area contributed by atoms with Crippen LogP contribution in [0.2, 0.25) is 0 Å². The summed E-state index contributed by atoms with van der Waals surface area (Å²) in [6, 6.07) is 10.9. The Morgan fingerprint density at radius 2 is 1.94 bits per heavy atom. The van der Waals surface area contributed by atoms with Gasteiger partial charge in [-0.25, -0.2) is 4.98 Å². The van der Waals surface area contributed by atoms with Gasteiger partial charge in [0.25, 0.3) is 5.91 Å². The number of carbonyl (C=O) groups is 1. The number of aromatic nitrogens is 3. The summed E-state index contributed by atoms with van der Waals surface area (Å²) in [5.74, 6) is 1.01. The number of H-pyrrole nitrogens is 1. The van der Waals surface area contributed by atoms with E-state index in [4.69, 9.17) is 9.57 Å². The second kappa shape index (κ2) is 7.86. The van der Waals surface area contributed by atoms with Gasteiger partial charge < -0.3 is 9.57 Å². The van der Waals surface area contributed by atoms with E-state index in [1.54, 1.807) is 30.5 Å². The first-order valence-electron chi connectivity index (χ1n) is 9.94. The number of nitrogens with one attached hydrogen (secondary N) is 1. The van der Waals surface area contributed by atoms with Crippen LogP contribution in [0.4, 0.5) is 5.82 Å². The molecule has 1 aliphatic heterocycles. The molecular weight excluding hydrogens is 394 g/mol. The molecule has 3 aromatic rings. The molecule has 0 bridgehead atoms. The molecule has 0 fully saturated rings. The van der Waals surface area contributed by atoms with Gasteiger partial charge in [0.2, 0.25) is 0 Å². The molecule has 0 saturated carbocycles. The first kappa shape index (κ1) is 20.6. The Bertz CT molecular complexity index is 1130. The minimum absolute atomic E-state index is 0.205. The van der Waals surface area contributed by atoms with E-state index >= 15 is 0 Å². The second-order valence-corrected chi connectivity index (χ2v) is 8.30. The van der Waals surface area contributed by atoms with Crippen LogP contribution < -0.4 is 9.64 Å². The van der Waals surface area contributed by atoms with Gasteiger partial charge in [-0.2, -0.15) is 5.10 Å². The summed E-state index contributed by atoms with van der Waals surface area (Å²) < 4.78 is 5.64. The number of amides is 1. The molecule has 1 aromatic carbocycles. The molecule has 1 unspecified atom stereocenters. The number of carbonyl (C=O) groups excluding carboxylic acids is 1. The zero-order valence-electron chi connectivity index (χ0n) is 18.2. The first-order valence-corrected chi connectivity index (χ1v) is 9.94. The number of fused-ring (bicyclic) bond motifs is 1. The Kier molecular flexibility index (Phi) is 5.22. The van der Waals surface area contributed by atoms with Crippen LogP contribution in [0.15, 0.2) is 47.8 Å². The first-order chi connectivity index (χ1) is 14.9. The van der Waals surface area contributed by atoms with Gasteiger partial charge >= 0.3 is 0 Å². The molecule has 0 aliphatic carbocycles. The van der Waals surface area contributed by atoms with E-state index in [1.165, 1.54) is 7.11 Å². The van der Waals surface area contributed by atoms with Crippen LogP contribution in [0, 0.1) is 0 Å². The van der Waals surface area contributed by atoms with E-state index in [-0.39, 0.29) is 11.3 Å². The van der Waals surface area contributed by atoms with Crippen molar-refractivity contribution in [2.75, 3.05) is 19.1 Å². The summed E-state index contributed by atoms with van der Waals surface area (Å²) in [6.45, 7) is 6.28. The SMILES string of the molecule is CON=Cc1ccc(N2C(=O)c3n[nH]c(C(C)(C)C)c3C2c2ccccc2OC)nc1. The number of ether oxygens (including phenoxy) is 1. The summed E-state index contributed by atoms with van der Waals surface area (Å²) in [7, 11) is 3.11. The Morgan fingerprint density at radius 3 is 2.58 bits per heavy atom. The highest BCUT2D eigenvalue weighted by molar-refractivity contribution is 6.10. The van der Waals surface area contributed by atoms with Crippen molar-refractivity contribution >= 4 is 17.9 Å². The molecule has 1 amide bonds. The van der Waals surface area contributed by atoms with Crippen molar-refractivity contribution in [2.24, 2.45) is 5.16 Å². The highest BCUT2D eigenvalue weighted by Gasteiger charge is 2.46. The average molecular weight is 419 g/mol. The topological polar surface area (TPSA) is 92.7 Å². The smallest absolute Gasteiger partial charge is 0.281 e. The number of rotatable bonds is 5. The molecule has 1 aliphatic rings. The van der Waals surface area contributed by atoms with Crippen molar-refractivity contribution in [1.29, 1.82) is 0 Å². The van der Waals surface area contributed by atoms with E-state index < -0.39 is 6.04 Å². The molecule has 8 nitrogen and oxygen atoms in total. The maximum Gasteiger partial charge on any atom is 0.281 e. The number of nitrogens with zero attached hydrogens (tertiary/aromatic N) is 4. The third-order valence-corrected chi connectivity index (χ3v) is 5.27. The van der Waals surface area contributed by atoms with Gasteiger partial charge in [0.05, 0.1) is 19.4 Å². The fraction of sp³-hybridized carbons (Fsp3) is 0.304. The Morgan fingerprint density at radius 1 is 1.16 bits per heavy atom. The van der Waals surface area contributed by atoms with Crippen molar-refractivity contribution in [2.45, 2.75) is 32.2 Å². The summed E-state index contributed by atoms with van der Waals surface area (Å²) in [5, 5.41) is 11.2. The van der Waals surface area contributed by atoms with Gasteiger partial charge in [-0.1, -0.05) is 44.1 Å². The van der Waals surface area contributed by atoms with Crippen molar-refractivity contribution in [1.82, 2.24) is 15.2 Å². The molecule has 0 radical (unpaired) electrons. The summed E-state index contributed by atoms with van der Waals surface area (Å²) in [4.78, 5) is 24.4. The summed E-state index contributed by atoms with van der Waals surface area (Å²) in [6.07, 6.45) is 3.21. The van der Waals surface area contributed by atoms with Gasteiger partial charge in [-0.3, -0.25) is 14.8 Å². The predicted molar refractivity (Wildman–Crippen MR) is 118 cm³/mol. The lowest BCUT2D eigenvalue weighted by Crippen LogP contribution is -2.31. The summed E-state index contributed by atoms with van der Waals surface area (Å²) >= 11 is 0. The predicted octanol–water partition coefficient (Wildman–Crippen LogP) is 3.84. The maximum atomic E-state index is 13.5. The normalized spacial score (nSPS) is 16.1. The van der Waals surface area contributed by atoms with Gasteiger partial charge in [0.15, 0.2) is 5.69 Å². The average Bonchev–Trinajstić information content (AvgIpc) is 3.32. The van der Waals surface area contributed by atoms with Gasteiger partial charge in [-0.15, -0.1) is 0 Å². The Balaban J connectivity index is 1.89. The van der Waals surface area contributed by atoms with E-state index in [9.17, 15) is 4.79 Å². The van der Waals surface area contributed by atoms with Crippen molar-refractivity contribution < 1.29 is 14.4 Å². The number of oxime groups is 1. The molecular formula is C23H25N5O3. The van der Waals surface area contributed by atoms with Crippen LogP contribution in [0.3, 0.4) is 0 Å². The van der Waals surface area contributed by atoms with Crippen LogP contribution in [0.25, 0.3) is 0 Å². The highest BCUT2D eigenvalue weighted by atomic mass is 16.6. The Labute approximate surface area is 180 Å². The lowest BCUT2D eigenvalue weighted by Gasteiger charge is -2.28. The van der Waals surface area contributed by atoms with Gasteiger partial charge in [0.1, 0.15) is 18.7 Å². The number of methoxy groups -OCH3 is 1. The fourth-order valence-electron chi connectivity index (χ4n) is 3.87. The van der Waals surface area contributed by atoms with Crippen LogP contribution >= 0.6 is 0 Å². The van der Waals surface area contributed by atoms with Crippen molar-refractivity contribution in [3.63, 3.8) is 0 Å². The molecule has 8 heteroatoms. The number of hydrogen-bond donors (Lipinski definition) is 1. The highest BCUT2D eigenvalue weighted by Crippen LogP contribution is 2.46. The van der Waals surface area contributed by atoms with E-state index in [0.717, 1.165) is 22.4 Å². The van der Waals surface area contributed by atoms with Crippen LogP contribution in [-0.4, -0.2) is 41.5 Å². The van der Waals surface area contributed by atoms with Crippen LogP contribution in [0.1, 0.15) is 59.7 Å². The zero-order chi connectivity index (χ0) is 22.2. The van der Waals surface area contributed by atoms with E-state index in [1.807, 2.05) is 30.3 Å². The lowest BCUT2D eigenvalue weighted by atomic mass is 9.85. The van der Waals surface area contributed by atoms with E-state index in [2.05, 4.69) is 41.1 Å². The second-order valence-electron chi connectivity index (χ2n) is 8.30. The lowest BCUT2D eigenvalue weighted by molar-refractivity contribution is 0.0988. The van der Waals surface area contributed by atoms with Crippen LogP contribution in [0.5, 0.6) is 5.75 Å². The third-order valence-electron chi connectivity index (χ3n) is 5.27. The number of hydrogen-bond acceptors (Lipinski definition) is 6. The zero-order valence-corrected chi connectivity index (χ0v) is 18.2. The molecule has 2 aromatic heterocycles. The van der Waals surface area contributed by atoms with Crippen molar-refractivity contribution in [3.05, 3.63) is 70.7 Å². The monoisotopic (exact) mass is 419 g/mol. The van der Waals surface area contributed by atoms with E-state index in [0.29, 0.717) is 17.3 Å². The number of benzene rings is 1. The summed E-state index contributed by atoms with van der Waals surface area (Å²) in [5.41, 5.74) is 3.58. The Hall–Kier alpha value is -3.68. The molecule has 0 saturated heterocycles. The standard InChI is InChI=1S/C23H25N5O3/c1-23(2,3)21-18-19(26-27-21)22(29)28(17-11-10-14(12-24-17)13-25-31-5)20(18)15-8-6-7-9-16(15)30-4/h6-13,20H,1-5H3,(H,26,27). The molecule has 1 N–H and O–H groups in total. The minimum Gasteiger partial charge on any atom is -0.496 e. The molecule has 0 spiro atoms. The fourth-order valence-corrected chi connectivity index (χ4v) is 3.87. The molecule has 31 heavy (non-hydrogen) atoms. The number of pyridine rings is 1. The molecule has 160 valence electrons. The quantitative estimate of drug-likeness (QED) is 0.501. The van der Waals surface area contributed by atoms with Crippen LogP contribution in [-0.2, 0) is 10.3 Å². The number of para-hydroxylation sites is 1. The third kappa shape index (κ3) is 3.54. The van der Waals surface area contributed by atoms with Crippen molar-refractivity contribution in [3.8, 4) is 5.75 Å². The molecule has 3 heterocycles. The molecule has 1 atom stereocenters. The number of aromatic amines is 1. The van der Waals surface area contributed by atoms with Gasteiger partial charge in [0, 0.05) is 34.0 Å².